The molecule has 84 valence electrons. The first kappa shape index (κ1) is 10.8. The minimum Gasteiger partial charge on any atom is -0.388 e. The molecule has 2 heterocycles. The molecule has 5 nitrogen and oxygen atoms in total. The lowest BCUT2D eigenvalue weighted by atomic mass is 10.1. The molecule has 1 aliphatic heterocycles. The highest BCUT2D eigenvalue weighted by Crippen LogP contribution is 2.21. The van der Waals surface area contributed by atoms with Crippen LogP contribution in [0.1, 0.15) is 19.0 Å². The monoisotopic (exact) mass is 228 g/mol. The van der Waals surface area contributed by atoms with E-state index in [2.05, 4.69) is 28.5 Å². The lowest BCUT2D eigenvalue weighted by Gasteiger charge is -2.25. The Hall–Kier alpha value is -0.720. The molecular weight excluding hydrogens is 212 g/mol. The van der Waals surface area contributed by atoms with Gasteiger partial charge in [-0.2, -0.15) is 0 Å². The second-order valence-corrected chi connectivity index (χ2v) is 4.72. The van der Waals surface area contributed by atoms with E-state index in [0.717, 1.165) is 25.3 Å². The van der Waals surface area contributed by atoms with Gasteiger partial charge in [0.1, 0.15) is 10.7 Å². The van der Waals surface area contributed by atoms with Crippen LogP contribution in [0.4, 0.5) is 5.00 Å². The summed E-state index contributed by atoms with van der Waals surface area (Å²) in [5, 5.41) is 4.73. The molecule has 2 atom stereocenters. The fourth-order valence-electron chi connectivity index (χ4n) is 1.98. The summed E-state index contributed by atoms with van der Waals surface area (Å²) in [5.74, 6) is 0. The molecule has 0 spiro atoms. The van der Waals surface area contributed by atoms with Gasteiger partial charge < -0.3 is 10.5 Å². The maximum absolute atomic E-state index is 5.76. The number of nitrogen functional groups attached to an aromatic ring is 1. The Bertz CT molecular complexity index is 330. The van der Waals surface area contributed by atoms with Crippen LogP contribution in [0.3, 0.4) is 0 Å². The molecule has 0 amide bonds. The van der Waals surface area contributed by atoms with E-state index in [4.69, 9.17) is 10.5 Å². The van der Waals surface area contributed by atoms with Gasteiger partial charge in [-0.3, -0.25) is 4.90 Å². The van der Waals surface area contributed by atoms with E-state index in [1.807, 2.05) is 0 Å². The van der Waals surface area contributed by atoms with Crippen molar-refractivity contribution in [3.63, 3.8) is 0 Å². The van der Waals surface area contributed by atoms with E-state index in [1.165, 1.54) is 11.5 Å². The molecule has 1 aliphatic rings. The number of likely N-dealkylation sites (N-methyl/N-ethyl adjacent to an activating group) is 1. The van der Waals surface area contributed by atoms with Gasteiger partial charge in [0.25, 0.3) is 0 Å². The molecule has 1 aromatic heterocycles. The average Bonchev–Trinajstić information content (AvgIpc) is 2.76. The van der Waals surface area contributed by atoms with Crippen LogP contribution < -0.4 is 5.73 Å². The van der Waals surface area contributed by atoms with E-state index >= 15 is 0 Å². The van der Waals surface area contributed by atoms with E-state index in [1.54, 1.807) is 0 Å². The summed E-state index contributed by atoms with van der Waals surface area (Å²) < 4.78 is 9.36. The van der Waals surface area contributed by atoms with E-state index in [0.29, 0.717) is 17.1 Å². The maximum Gasteiger partial charge on any atom is 0.132 e. The SMILES string of the molecule is CC1OCCC1N(C)Cc1nnsc1N. The molecule has 1 saturated heterocycles. The fourth-order valence-corrected chi connectivity index (χ4v) is 2.42. The summed E-state index contributed by atoms with van der Waals surface area (Å²) in [6.07, 6.45) is 1.37. The van der Waals surface area contributed by atoms with Crippen molar-refractivity contribution in [3.05, 3.63) is 5.69 Å². The van der Waals surface area contributed by atoms with Gasteiger partial charge in [0, 0.05) is 30.7 Å². The van der Waals surface area contributed by atoms with Crippen molar-refractivity contribution in [2.45, 2.75) is 32.0 Å². The number of rotatable bonds is 3. The van der Waals surface area contributed by atoms with E-state index in [9.17, 15) is 0 Å². The molecule has 0 aliphatic carbocycles. The Morgan fingerprint density at radius 3 is 3.00 bits per heavy atom. The normalized spacial score (nSPS) is 26.3. The van der Waals surface area contributed by atoms with Gasteiger partial charge in [-0.15, -0.1) is 5.10 Å². The molecule has 2 unspecified atom stereocenters. The second-order valence-electron chi connectivity index (χ2n) is 3.93. The Labute approximate surface area is 93.4 Å². The molecule has 0 bridgehead atoms. The van der Waals surface area contributed by atoms with Crippen molar-refractivity contribution in [3.8, 4) is 0 Å². The van der Waals surface area contributed by atoms with Crippen LogP contribution in [0.2, 0.25) is 0 Å². The van der Waals surface area contributed by atoms with Gasteiger partial charge in [0.15, 0.2) is 0 Å². The van der Waals surface area contributed by atoms with Gasteiger partial charge in [0.2, 0.25) is 0 Å². The van der Waals surface area contributed by atoms with Crippen LogP contribution >= 0.6 is 11.5 Å². The smallest absolute Gasteiger partial charge is 0.132 e. The van der Waals surface area contributed by atoms with E-state index < -0.39 is 0 Å². The molecule has 2 rings (SSSR count). The van der Waals surface area contributed by atoms with Crippen LogP contribution in [0.5, 0.6) is 0 Å². The van der Waals surface area contributed by atoms with Crippen LogP contribution in [-0.2, 0) is 11.3 Å². The molecule has 0 radical (unpaired) electrons. The standard InChI is InChI=1S/C9H16N4OS/c1-6-8(3-4-14-6)13(2)5-7-9(10)15-12-11-7/h6,8H,3-5,10H2,1-2H3. The number of nitrogens with zero attached hydrogens (tertiary/aromatic N) is 3. The molecule has 0 aromatic carbocycles. The van der Waals surface area contributed by atoms with Crippen molar-refractivity contribution >= 4 is 16.5 Å². The summed E-state index contributed by atoms with van der Waals surface area (Å²) in [4.78, 5) is 2.24. The summed E-state index contributed by atoms with van der Waals surface area (Å²) in [5.41, 5.74) is 6.63. The Kier molecular flexibility index (Phi) is 3.18. The topological polar surface area (TPSA) is 64.3 Å². The Morgan fingerprint density at radius 2 is 2.47 bits per heavy atom. The first-order valence-corrected chi connectivity index (χ1v) is 5.84. The molecule has 0 saturated carbocycles. The van der Waals surface area contributed by atoms with E-state index in [-0.39, 0.29) is 0 Å². The third kappa shape index (κ3) is 2.27. The highest BCUT2D eigenvalue weighted by Gasteiger charge is 2.28. The second kappa shape index (κ2) is 4.42. The molecular formula is C9H16N4OS. The van der Waals surface area contributed by atoms with Gasteiger partial charge in [-0.05, 0) is 20.4 Å². The zero-order valence-electron chi connectivity index (χ0n) is 9.01. The predicted octanol–water partition coefficient (Wildman–Crippen LogP) is 0.729. The molecule has 1 aromatic rings. The number of anilines is 1. The average molecular weight is 228 g/mol. The lowest BCUT2D eigenvalue weighted by Crippen LogP contribution is -2.36. The van der Waals surface area contributed by atoms with Crippen molar-refractivity contribution in [1.29, 1.82) is 0 Å². The maximum atomic E-state index is 5.76. The number of hydrogen-bond acceptors (Lipinski definition) is 6. The van der Waals surface area contributed by atoms with Gasteiger partial charge in [0.05, 0.1) is 6.10 Å². The van der Waals surface area contributed by atoms with Crippen LogP contribution in [0, 0.1) is 0 Å². The highest BCUT2D eigenvalue weighted by molar-refractivity contribution is 7.09. The zero-order valence-corrected chi connectivity index (χ0v) is 9.83. The van der Waals surface area contributed by atoms with Crippen LogP contribution in [-0.4, -0.2) is 40.3 Å². The quantitative estimate of drug-likeness (QED) is 0.826. The summed E-state index contributed by atoms with van der Waals surface area (Å²) in [6.45, 7) is 3.71. The molecule has 15 heavy (non-hydrogen) atoms. The van der Waals surface area contributed by atoms with Gasteiger partial charge in [-0.1, -0.05) is 4.49 Å². The van der Waals surface area contributed by atoms with Gasteiger partial charge >= 0.3 is 0 Å². The van der Waals surface area contributed by atoms with Crippen LogP contribution in [0.25, 0.3) is 0 Å². The first-order valence-electron chi connectivity index (χ1n) is 5.07. The Morgan fingerprint density at radius 1 is 1.67 bits per heavy atom. The number of nitrogens with two attached hydrogens (primary N) is 1. The first-order chi connectivity index (χ1) is 7.18. The third-order valence-corrected chi connectivity index (χ3v) is 3.48. The van der Waals surface area contributed by atoms with Crippen molar-refractivity contribution < 1.29 is 4.74 Å². The minimum atomic E-state index is 0.294. The summed E-state index contributed by atoms with van der Waals surface area (Å²) >= 11 is 1.25. The van der Waals surface area contributed by atoms with Crippen LogP contribution in [0.15, 0.2) is 0 Å². The summed E-state index contributed by atoms with van der Waals surface area (Å²) in [7, 11) is 2.08. The largest absolute Gasteiger partial charge is 0.388 e. The molecule has 2 N–H and O–H groups in total. The zero-order chi connectivity index (χ0) is 10.8. The number of hydrogen-bond donors (Lipinski definition) is 1. The summed E-state index contributed by atoms with van der Waals surface area (Å²) in [6, 6.07) is 0.464. The Balaban J connectivity index is 1.97. The van der Waals surface area contributed by atoms with Crippen molar-refractivity contribution in [2.75, 3.05) is 19.4 Å². The molecule has 1 fully saturated rings. The predicted molar refractivity (Wildman–Crippen MR) is 59.6 cm³/mol. The molecule has 6 heteroatoms. The number of aromatic nitrogens is 2. The van der Waals surface area contributed by atoms with Crippen molar-refractivity contribution in [1.82, 2.24) is 14.5 Å². The fraction of sp³-hybridized carbons (Fsp3) is 0.778. The third-order valence-electron chi connectivity index (χ3n) is 2.89. The van der Waals surface area contributed by atoms with Gasteiger partial charge in [-0.25, -0.2) is 0 Å². The minimum absolute atomic E-state index is 0.294. The number of ether oxygens (including phenoxy) is 1. The van der Waals surface area contributed by atoms with Crippen molar-refractivity contribution in [2.24, 2.45) is 0 Å². The lowest BCUT2D eigenvalue weighted by molar-refractivity contribution is 0.0811. The highest BCUT2D eigenvalue weighted by atomic mass is 32.1.